The van der Waals surface area contributed by atoms with Gasteiger partial charge in [0, 0.05) is 11.8 Å². The van der Waals surface area contributed by atoms with Crippen molar-refractivity contribution >= 4 is 27.9 Å². The van der Waals surface area contributed by atoms with Crippen LogP contribution in [0.3, 0.4) is 0 Å². The lowest BCUT2D eigenvalue weighted by Crippen LogP contribution is -1.91. The fraction of sp³-hybridized carbons (Fsp3) is 0. The zero-order valence-electron chi connectivity index (χ0n) is 9.38. The van der Waals surface area contributed by atoms with E-state index in [9.17, 15) is 4.79 Å². The molecule has 0 N–H and O–H groups in total. The molecule has 1 aromatic carbocycles. The number of imidazole rings is 1. The molecule has 4 heteroatoms. The summed E-state index contributed by atoms with van der Waals surface area (Å²) >= 11 is 3.45. The van der Waals surface area contributed by atoms with Crippen LogP contribution in [-0.2, 0) is 0 Å². The first-order valence-corrected chi connectivity index (χ1v) is 6.28. The molecule has 2 aromatic heterocycles. The molecule has 0 aliphatic rings. The van der Waals surface area contributed by atoms with E-state index in [4.69, 9.17) is 0 Å². The van der Waals surface area contributed by atoms with Gasteiger partial charge >= 0.3 is 0 Å². The normalized spacial score (nSPS) is 10.7. The Kier molecular flexibility index (Phi) is 2.72. The molecule has 18 heavy (non-hydrogen) atoms. The van der Waals surface area contributed by atoms with Gasteiger partial charge < -0.3 is 0 Å². The first-order valence-electron chi connectivity index (χ1n) is 5.48. The molecule has 3 aromatic rings. The van der Waals surface area contributed by atoms with Crippen LogP contribution >= 0.6 is 15.9 Å². The van der Waals surface area contributed by atoms with Crippen molar-refractivity contribution in [3.63, 3.8) is 0 Å². The zero-order valence-corrected chi connectivity index (χ0v) is 11.0. The predicted octanol–water partition coefficient (Wildman–Crippen LogP) is 3.58. The van der Waals surface area contributed by atoms with Crippen LogP contribution in [0.5, 0.6) is 0 Å². The van der Waals surface area contributed by atoms with Crippen molar-refractivity contribution in [1.29, 1.82) is 0 Å². The van der Waals surface area contributed by atoms with Crippen LogP contribution in [0.4, 0.5) is 0 Å². The van der Waals surface area contributed by atoms with Crippen molar-refractivity contribution < 1.29 is 4.79 Å². The van der Waals surface area contributed by atoms with Crippen molar-refractivity contribution in [3.05, 3.63) is 58.8 Å². The van der Waals surface area contributed by atoms with Gasteiger partial charge in [0.15, 0.2) is 11.9 Å². The molecule has 0 unspecified atom stereocenters. The van der Waals surface area contributed by atoms with E-state index in [0.717, 1.165) is 22.0 Å². The number of carbonyl (C=O) groups is 1. The van der Waals surface area contributed by atoms with Gasteiger partial charge in [-0.25, -0.2) is 4.98 Å². The Labute approximate surface area is 112 Å². The number of benzene rings is 1. The molecule has 0 aliphatic carbocycles. The van der Waals surface area contributed by atoms with Crippen molar-refractivity contribution in [2.75, 3.05) is 0 Å². The lowest BCUT2D eigenvalue weighted by atomic mass is 10.1. The summed E-state index contributed by atoms with van der Waals surface area (Å²) in [5, 5.41) is 0. The number of nitrogens with zero attached hydrogens (tertiary/aromatic N) is 2. The Morgan fingerprint density at radius 2 is 1.89 bits per heavy atom. The van der Waals surface area contributed by atoms with Gasteiger partial charge in [0.2, 0.25) is 0 Å². The standard InChI is InChI=1S/C14H9BrN2O/c15-11-7-4-8-17-12(9-18)13(16-14(11)17)10-5-2-1-3-6-10/h1-9H. The van der Waals surface area contributed by atoms with Crippen molar-refractivity contribution in [3.8, 4) is 11.3 Å². The highest BCUT2D eigenvalue weighted by Gasteiger charge is 2.14. The van der Waals surface area contributed by atoms with Gasteiger partial charge in [-0.2, -0.15) is 0 Å². The maximum absolute atomic E-state index is 11.3. The minimum absolute atomic E-state index is 0.567. The number of fused-ring (bicyclic) bond motifs is 1. The number of halogens is 1. The molecule has 2 heterocycles. The Hall–Kier alpha value is -1.94. The van der Waals surface area contributed by atoms with Crippen molar-refractivity contribution in [2.24, 2.45) is 0 Å². The van der Waals surface area contributed by atoms with E-state index in [2.05, 4.69) is 20.9 Å². The third-order valence-electron chi connectivity index (χ3n) is 2.80. The number of carbonyl (C=O) groups excluding carboxylic acids is 1. The van der Waals surface area contributed by atoms with E-state index in [-0.39, 0.29) is 0 Å². The van der Waals surface area contributed by atoms with E-state index in [1.807, 2.05) is 48.7 Å². The lowest BCUT2D eigenvalue weighted by Gasteiger charge is -1.97. The summed E-state index contributed by atoms with van der Waals surface area (Å²) in [6.45, 7) is 0. The molecule has 0 amide bonds. The number of hydrogen-bond acceptors (Lipinski definition) is 2. The van der Waals surface area contributed by atoms with Gasteiger partial charge in [-0.1, -0.05) is 30.3 Å². The van der Waals surface area contributed by atoms with Crippen LogP contribution in [0.2, 0.25) is 0 Å². The van der Waals surface area contributed by atoms with Crippen LogP contribution in [0.25, 0.3) is 16.9 Å². The SMILES string of the molecule is O=Cc1c(-c2ccccc2)nc2c(Br)cccn12. The molecular weight excluding hydrogens is 292 g/mol. The summed E-state index contributed by atoms with van der Waals surface area (Å²) < 4.78 is 2.66. The van der Waals surface area contributed by atoms with Crippen LogP contribution in [0, 0.1) is 0 Å². The predicted molar refractivity (Wildman–Crippen MR) is 73.7 cm³/mol. The molecule has 88 valence electrons. The number of pyridine rings is 1. The van der Waals surface area contributed by atoms with E-state index >= 15 is 0 Å². The summed E-state index contributed by atoms with van der Waals surface area (Å²) in [4.78, 5) is 15.8. The third-order valence-corrected chi connectivity index (χ3v) is 3.42. The fourth-order valence-electron chi connectivity index (χ4n) is 1.97. The summed E-state index contributed by atoms with van der Waals surface area (Å²) in [5.74, 6) is 0. The third kappa shape index (κ3) is 1.66. The number of hydrogen-bond donors (Lipinski definition) is 0. The van der Waals surface area contributed by atoms with Crippen molar-refractivity contribution in [2.45, 2.75) is 0 Å². The maximum atomic E-state index is 11.3. The molecule has 3 rings (SSSR count). The lowest BCUT2D eigenvalue weighted by molar-refractivity contribution is 0.111. The van der Waals surface area contributed by atoms with E-state index < -0.39 is 0 Å². The van der Waals surface area contributed by atoms with E-state index in [1.54, 1.807) is 4.40 Å². The fourth-order valence-corrected chi connectivity index (χ4v) is 2.41. The highest BCUT2D eigenvalue weighted by Crippen LogP contribution is 2.26. The molecule has 0 saturated heterocycles. The van der Waals surface area contributed by atoms with Crippen LogP contribution < -0.4 is 0 Å². The molecule has 0 bridgehead atoms. The van der Waals surface area contributed by atoms with E-state index in [0.29, 0.717) is 11.4 Å². The minimum Gasteiger partial charge on any atom is -0.296 e. The van der Waals surface area contributed by atoms with E-state index in [1.165, 1.54) is 0 Å². The highest BCUT2D eigenvalue weighted by atomic mass is 79.9. The molecule has 0 spiro atoms. The summed E-state index contributed by atoms with van der Waals surface area (Å²) in [5.41, 5.74) is 2.96. The summed E-state index contributed by atoms with van der Waals surface area (Å²) in [7, 11) is 0. The average molecular weight is 301 g/mol. The second-order valence-electron chi connectivity index (χ2n) is 3.88. The van der Waals surface area contributed by atoms with Gasteiger partial charge in [-0.15, -0.1) is 0 Å². The highest BCUT2D eigenvalue weighted by molar-refractivity contribution is 9.10. The smallest absolute Gasteiger partial charge is 0.169 e. The van der Waals surface area contributed by atoms with Crippen LogP contribution in [-0.4, -0.2) is 15.7 Å². The van der Waals surface area contributed by atoms with Crippen LogP contribution in [0.15, 0.2) is 53.1 Å². The Bertz CT molecular complexity index is 719. The maximum Gasteiger partial charge on any atom is 0.169 e. The largest absolute Gasteiger partial charge is 0.296 e. The first-order chi connectivity index (χ1) is 8.81. The number of aromatic nitrogens is 2. The second-order valence-corrected chi connectivity index (χ2v) is 4.73. The first kappa shape index (κ1) is 11.2. The van der Waals surface area contributed by atoms with Gasteiger partial charge in [-0.05, 0) is 28.1 Å². The monoisotopic (exact) mass is 300 g/mol. The molecular formula is C14H9BrN2O. The number of aldehydes is 1. The van der Waals surface area contributed by atoms with Gasteiger partial charge in [0.25, 0.3) is 0 Å². The molecule has 0 saturated carbocycles. The number of rotatable bonds is 2. The zero-order chi connectivity index (χ0) is 12.5. The molecule has 0 aliphatic heterocycles. The van der Waals surface area contributed by atoms with Gasteiger partial charge in [0.1, 0.15) is 11.4 Å². The molecule has 0 radical (unpaired) electrons. The minimum atomic E-state index is 0.567. The Morgan fingerprint density at radius 1 is 1.11 bits per heavy atom. The average Bonchev–Trinajstić information content (AvgIpc) is 2.80. The topological polar surface area (TPSA) is 34.4 Å². The molecule has 0 fully saturated rings. The molecule has 0 atom stereocenters. The summed E-state index contributed by atoms with van der Waals surface area (Å²) in [6, 6.07) is 13.5. The Balaban J connectivity index is 2.37. The Morgan fingerprint density at radius 3 is 2.61 bits per heavy atom. The van der Waals surface area contributed by atoms with Crippen molar-refractivity contribution in [1.82, 2.24) is 9.38 Å². The van der Waals surface area contributed by atoms with Gasteiger partial charge in [-0.3, -0.25) is 9.20 Å². The van der Waals surface area contributed by atoms with Crippen LogP contribution in [0.1, 0.15) is 10.5 Å². The second kappa shape index (κ2) is 4.38. The summed E-state index contributed by atoms with van der Waals surface area (Å²) in [6.07, 6.45) is 2.68. The molecule has 3 nitrogen and oxygen atoms in total. The van der Waals surface area contributed by atoms with Gasteiger partial charge in [0.05, 0.1) is 4.47 Å². The quantitative estimate of drug-likeness (QED) is 0.678.